The molecular formula is C44H32N4. The van der Waals surface area contributed by atoms with Crippen molar-refractivity contribution in [2.45, 2.75) is 30.7 Å². The minimum Gasteiger partial charge on any atom is -0.333 e. The molecule has 4 unspecified atom stereocenters. The maximum absolute atomic E-state index is 10.7. The highest BCUT2D eigenvalue weighted by Crippen LogP contribution is 2.50. The smallest absolute Gasteiger partial charge is 0.0991 e. The second-order valence-electron chi connectivity index (χ2n) is 12.9. The van der Waals surface area contributed by atoms with Gasteiger partial charge in [-0.2, -0.15) is 10.5 Å². The van der Waals surface area contributed by atoms with Gasteiger partial charge in [-0.05, 0) is 77.6 Å². The summed E-state index contributed by atoms with van der Waals surface area (Å²) in [6.07, 6.45) is 21.6. The summed E-state index contributed by atoms with van der Waals surface area (Å²) in [5, 5.41) is 21.4. The van der Waals surface area contributed by atoms with Crippen molar-refractivity contribution in [1.29, 1.82) is 10.5 Å². The van der Waals surface area contributed by atoms with Gasteiger partial charge in [-0.1, -0.05) is 103 Å². The number of aromatic nitrogens is 1. The van der Waals surface area contributed by atoms with Gasteiger partial charge in [-0.3, -0.25) is 0 Å². The summed E-state index contributed by atoms with van der Waals surface area (Å²) < 4.78 is 2.26. The minimum atomic E-state index is -0.372. The third-order valence-electron chi connectivity index (χ3n) is 10.5. The van der Waals surface area contributed by atoms with Crippen LogP contribution in [0.15, 0.2) is 140 Å². The van der Waals surface area contributed by atoms with Gasteiger partial charge in [0.15, 0.2) is 0 Å². The van der Waals surface area contributed by atoms with Crippen LogP contribution in [0.4, 0.5) is 11.4 Å². The van der Waals surface area contributed by atoms with Gasteiger partial charge >= 0.3 is 0 Å². The van der Waals surface area contributed by atoms with Crippen LogP contribution in [0.3, 0.4) is 0 Å². The van der Waals surface area contributed by atoms with Gasteiger partial charge < -0.3 is 9.47 Å². The van der Waals surface area contributed by atoms with Crippen molar-refractivity contribution in [1.82, 2.24) is 4.57 Å². The largest absolute Gasteiger partial charge is 0.333 e. The SMILES string of the molecule is N#Cc1ccc2c(c1)c1c(n2C2=CC=CC(c3ccc(-c4ccccc4N4c5ccccc5C5C=CC=CC54)cc3)C2C#N)C=CCC1. The predicted octanol–water partition coefficient (Wildman–Crippen LogP) is 10.2. The highest BCUT2D eigenvalue weighted by atomic mass is 15.2. The molecule has 1 aromatic heterocycles. The van der Waals surface area contributed by atoms with E-state index in [1.54, 1.807) is 0 Å². The first-order valence-electron chi connectivity index (χ1n) is 16.7. The molecule has 228 valence electrons. The Morgan fingerprint density at radius 1 is 0.750 bits per heavy atom. The molecule has 0 saturated carbocycles. The maximum Gasteiger partial charge on any atom is 0.0991 e. The van der Waals surface area contributed by atoms with E-state index in [2.05, 4.69) is 149 Å². The Morgan fingerprint density at radius 2 is 1.54 bits per heavy atom. The standard InChI is InChI=1S/C44H32N4/c45-27-29-20-25-44-37(26-29)36-13-4-8-18-42(36)48(44)43-19-9-14-32(38(43)28-46)30-21-23-31(24-22-30)33-10-1-5-15-39(33)47-40-16-6-2-11-34(40)35-12-3-7-17-41(35)47/h1-3,5-12,14-26,32,34,38,40H,4,13H2. The first-order chi connectivity index (χ1) is 23.7. The fourth-order valence-corrected chi connectivity index (χ4v) is 8.30. The number of nitriles is 2. The van der Waals surface area contributed by atoms with Crippen LogP contribution in [0.1, 0.15) is 46.2 Å². The van der Waals surface area contributed by atoms with Crippen LogP contribution in [0.5, 0.6) is 0 Å². The van der Waals surface area contributed by atoms with E-state index in [0.717, 1.165) is 46.3 Å². The van der Waals surface area contributed by atoms with E-state index < -0.39 is 0 Å². The lowest BCUT2D eigenvalue weighted by atomic mass is 9.81. The van der Waals surface area contributed by atoms with Crippen LogP contribution in [-0.2, 0) is 6.42 Å². The lowest BCUT2D eigenvalue weighted by Crippen LogP contribution is -2.28. The first-order valence-corrected chi connectivity index (χ1v) is 16.7. The summed E-state index contributed by atoms with van der Waals surface area (Å²) in [5.74, 6) is -0.136. The van der Waals surface area contributed by atoms with Crippen molar-refractivity contribution < 1.29 is 0 Å². The Balaban J connectivity index is 1.08. The zero-order chi connectivity index (χ0) is 32.2. The third kappa shape index (κ3) is 4.27. The van der Waals surface area contributed by atoms with Gasteiger partial charge in [0, 0.05) is 45.6 Å². The molecule has 4 heteroatoms. The fraction of sp³-hybridized carbons (Fsp3) is 0.136. The van der Waals surface area contributed by atoms with Crippen LogP contribution in [0, 0.1) is 28.6 Å². The highest BCUT2D eigenvalue weighted by molar-refractivity contribution is 5.93. The molecule has 0 amide bonds. The average Bonchev–Trinajstić information content (AvgIpc) is 3.67. The summed E-state index contributed by atoms with van der Waals surface area (Å²) in [4.78, 5) is 2.49. The van der Waals surface area contributed by atoms with Gasteiger partial charge in [-0.25, -0.2) is 0 Å². The highest BCUT2D eigenvalue weighted by Gasteiger charge is 2.38. The van der Waals surface area contributed by atoms with Gasteiger partial charge in [-0.15, -0.1) is 0 Å². The molecule has 4 aromatic carbocycles. The van der Waals surface area contributed by atoms with Crippen LogP contribution >= 0.6 is 0 Å². The zero-order valence-corrected chi connectivity index (χ0v) is 26.4. The predicted molar refractivity (Wildman–Crippen MR) is 195 cm³/mol. The van der Waals surface area contributed by atoms with Crippen LogP contribution in [0.2, 0.25) is 0 Å². The molecule has 0 radical (unpaired) electrons. The molecule has 1 aliphatic heterocycles. The molecule has 0 spiro atoms. The molecule has 0 N–H and O–H groups in total. The lowest BCUT2D eigenvalue weighted by Gasteiger charge is -2.30. The van der Waals surface area contributed by atoms with Crippen molar-refractivity contribution in [3.8, 4) is 23.3 Å². The topological polar surface area (TPSA) is 55.8 Å². The van der Waals surface area contributed by atoms with Crippen LogP contribution in [0.25, 0.3) is 33.8 Å². The molecule has 5 aromatic rings. The van der Waals surface area contributed by atoms with E-state index in [1.165, 1.54) is 28.1 Å². The fourth-order valence-electron chi connectivity index (χ4n) is 8.30. The van der Waals surface area contributed by atoms with Crippen LogP contribution < -0.4 is 4.90 Å². The molecule has 4 nitrogen and oxygen atoms in total. The van der Waals surface area contributed by atoms with Crippen LogP contribution in [-0.4, -0.2) is 10.6 Å². The van der Waals surface area contributed by atoms with E-state index in [0.29, 0.717) is 11.5 Å². The summed E-state index contributed by atoms with van der Waals surface area (Å²) in [6, 6.07) is 37.4. The number of hydrogen-bond acceptors (Lipinski definition) is 3. The van der Waals surface area contributed by atoms with Gasteiger partial charge in [0.25, 0.3) is 0 Å². The molecule has 2 heterocycles. The van der Waals surface area contributed by atoms with Crippen molar-refractivity contribution in [3.05, 3.63) is 168 Å². The summed E-state index contributed by atoms with van der Waals surface area (Å²) >= 11 is 0. The number of fused-ring (bicyclic) bond motifs is 6. The second-order valence-corrected chi connectivity index (χ2v) is 12.9. The summed E-state index contributed by atoms with van der Waals surface area (Å²) in [5.41, 5.74) is 12.3. The molecule has 4 aliphatic rings. The van der Waals surface area contributed by atoms with E-state index >= 15 is 0 Å². The van der Waals surface area contributed by atoms with E-state index in [-0.39, 0.29) is 17.9 Å². The molecule has 0 bridgehead atoms. The van der Waals surface area contributed by atoms with E-state index in [9.17, 15) is 10.5 Å². The molecular weight excluding hydrogens is 585 g/mol. The number of anilines is 2. The molecule has 9 rings (SSSR count). The van der Waals surface area contributed by atoms with Gasteiger partial charge in [0.1, 0.15) is 0 Å². The normalized spacial score (nSPS) is 21.7. The molecule has 4 atom stereocenters. The van der Waals surface area contributed by atoms with Crippen molar-refractivity contribution >= 4 is 34.1 Å². The number of rotatable bonds is 4. The summed E-state index contributed by atoms with van der Waals surface area (Å²) in [7, 11) is 0. The molecule has 0 fully saturated rings. The second kappa shape index (κ2) is 11.3. The van der Waals surface area contributed by atoms with Gasteiger partial charge in [0.2, 0.25) is 0 Å². The number of benzene rings is 4. The van der Waals surface area contributed by atoms with E-state index in [4.69, 9.17) is 0 Å². The Morgan fingerprint density at radius 3 is 2.40 bits per heavy atom. The number of nitrogens with zero attached hydrogens (tertiary/aromatic N) is 4. The Kier molecular flexibility index (Phi) is 6.63. The Bertz CT molecular complexity index is 2350. The van der Waals surface area contributed by atoms with E-state index in [1.807, 2.05) is 18.2 Å². The average molecular weight is 617 g/mol. The quantitative estimate of drug-likeness (QED) is 0.202. The zero-order valence-electron chi connectivity index (χ0n) is 26.4. The molecule has 3 aliphatic carbocycles. The summed E-state index contributed by atoms with van der Waals surface area (Å²) in [6.45, 7) is 0. The van der Waals surface area contributed by atoms with Gasteiger partial charge in [0.05, 0.1) is 35.2 Å². The molecule has 0 saturated heterocycles. The lowest BCUT2D eigenvalue weighted by molar-refractivity contribution is 0.699. The number of para-hydroxylation sites is 2. The van der Waals surface area contributed by atoms with Crippen molar-refractivity contribution in [2.75, 3.05) is 4.90 Å². The maximum atomic E-state index is 10.7. The molecule has 48 heavy (non-hydrogen) atoms. The Hall–Kier alpha value is -6.10. The van der Waals surface area contributed by atoms with Crippen molar-refractivity contribution in [3.63, 3.8) is 0 Å². The number of aryl methyl sites for hydroxylation is 1. The Labute approximate surface area is 280 Å². The third-order valence-corrected chi connectivity index (χ3v) is 10.5. The number of allylic oxidation sites excluding steroid dienone is 7. The monoisotopic (exact) mass is 616 g/mol. The minimum absolute atomic E-state index is 0.0938. The van der Waals surface area contributed by atoms with Crippen molar-refractivity contribution in [2.24, 2.45) is 5.92 Å². The number of hydrogen-bond donors (Lipinski definition) is 0. The first kappa shape index (κ1) is 28.1.